The van der Waals surface area contributed by atoms with Crippen LogP contribution in [0, 0.1) is 0 Å². The summed E-state index contributed by atoms with van der Waals surface area (Å²) in [5.74, 6) is 1.76. The topological polar surface area (TPSA) is 61.3 Å². The number of anilines is 2. The zero-order valence-electron chi connectivity index (χ0n) is 9.53. The summed E-state index contributed by atoms with van der Waals surface area (Å²) < 4.78 is 5.92. The molecule has 4 N–H and O–H groups in total. The molecule has 1 aliphatic rings. The summed E-state index contributed by atoms with van der Waals surface area (Å²) in [7, 11) is 0. The second kappa shape index (κ2) is 4.87. The number of rotatable bonds is 3. The van der Waals surface area contributed by atoms with Gasteiger partial charge in [0.25, 0.3) is 0 Å². The van der Waals surface area contributed by atoms with Crippen molar-refractivity contribution >= 4 is 23.1 Å². The molecule has 0 saturated heterocycles. The highest BCUT2D eigenvalue weighted by molar-refractivity contribution is 7.99. The summed E-state index contributed by atoms with van der Waals surface area (Å²) in [6, 6.07) is 3.66. The Balaban J connectivity index is 2.16. The second-order valence-electron chi connectivity index (χ2n) is 4.10. The predicted molar refractivity (Wildman–Crippen MR) is 69.9 cm³/mol. The van der Waals surface area contributed by atoms with E-state index in [9.17, 15) is 0 Å². The Morgan fingerprint density at radius 2 is 2.12 bits per heavy atom. The van der Waals surface area contributed by atoms with E-state index < -0.39 is 0 Å². The van der Waals surface area contributed by atoms with Crippen molar-refractivity contribution in [1.82, 2.24) is 0 Å². The highest BCUT2D eigenvalue weighted by atomic mass is 32.2. The molecule has 0 spiro atoms. The minimum atomic E-state index is 0.279. The van der Waals surface area contributed by atoms with Gasteiger partial charge in [0, 0.05) is 11.4 Å². The van der Waals surface area contributed by atoms with Crippen molar-refractivity contribution in [3.63, 3.8) is 0 Å². The van der Waals surface area contributed by atoms with Crippen molar-refractivity contribution < 1.29 is 4.74 Å². The molecule has 0 amide bonds. The molecule has 0 bridgehead atoms. The molecule has 1 aromatic carbocycles. The first-order valence-electron chi connectivity index (χ1n) is 5.69. The highest BCUT2D eigenvalue weighted by Crippen LogP contribution is 2.43. The number of nitrogens with two attached hydrogens (primary N) is 2. The third-order valence-corrected chi connectivity index (χ3v) is 4.00. The first kappa shape index (κ1) is 11.5. The fourth-order valence-electron chi connectivity index (χ4n) is 1.81. The molecule has 1 atom stereocenters. The lowest BCUT2D eigenvalue weighted by Gasteiger charge is -2.27. The standard InChI is InChI=1S/C12H18N2OS/c1-2-3-4-8-7-16-12-10(14)6-5-9(13)11(12)15-8/h5-6,8H,2-4,7,13-14H2,1H3. The molecule has 0 saturated carbocycles. The Bertz CT molecular complexity index is 382. The quantitative estimate of drug-likeness (QED) is 0.795. The highest BCUT2D eigenvalue weighted by Gasteiger charge is 2.23. The lowest BCUT2D eigenvalue weighted by molar-refractivity contribution is 0.203. The van der Waals surface area contributed by atoms with E-state index in [1.54, 1.807) is 11.8 Å². The van der Waals surface area contributed by atoms with Crippen LogP contribution in [0.3, 0.4) is 0 Å². The normalized spacial score (nSPS) is 18.9. The predicted octanol–water partition coefficient (Wildman–Crippen LogP) is 2.89. The number of unbranched alkanes of at least 4 members (excludes halogenated alkanes) is 1. The summed E-state index contributed by atoms with van der Waals surface area (Å²) in [5.41, 5.74) is 13.3. The lowest BCUT2D eigenvalue weighted by Crippen LogP contribution is -2.24. The minimum Gasteiger partial charge on any atom is -0.486 e. The molecule has 0 aliphatic carbocycles. The zero-order chi connectivity index (χ0) is 11.5. The Hall–Kier alpha value is -1.03. The number of benzene rings is 1. The summed E-state index contributed by atoms with van der Waals surface area (Å²) in [5, 5.41) is 0. The summed E-state index contributed by atoms with van der Waals surface area (Å²) in [6.07, 6.45) is 3.77. The molecule has 88 valence electrons. The van der Waals surface area contributed by atoms with Gasteiger partial charge < -0.3 is 16.2 Å². The van der Waals surface area contributed by atoms with Crippen LogP contribution in [0.4, 0.5) is 11.4 Å². The van der Waals surface area contributed by atoms with E-state index in [0.717, 1.165) is 28.5 Å². The fraction of sp³-hybridized carbons (Fsp3) is 0.500. The van der Waals surface area contributed by atoms with E-state index in [0.29, 0.717) is 5.69 Å². The number of nitrogen functional groups attached to an aromatic ring is 2. The van der Waals surface area contributed by atoms with E-state index in [2.05, 4.69) is 6.92 Å². The van der Waals surface area contributed by atoms with Gasteiger partial charge in [0.05, 0.1) is 10.6 Å². The lowest BCUT2D eigenvalue weighted by atomic mass is 10.2. The second-order valence-corrected chi connectivity index (χ2v) is 5.13. The fourth-order valence-corrected chi connectivity index (χ4v) is 2.93. The molecule has 1 aliphatic heterocycles. The van der Waals surface area contributed by atoms with Gasteiger partial charge in [-0.15, -0.1) is 11.8 Å². The van der Waals surface area contributed by atoms with Gasteiger partial charge in [-0.1, -0.05) is 19.8 Å². The van der Waals surface area contributed by atoms with Crippen LogP contribution in [-0.2, 0) is 0 Å². The SMILES string of the molecule is CCCCC1CSc2c(N)ccc(N)c2O1. The number of thioether (sulfide) groups is 1. The van der Waals surface area contributed by atoms with E-state index in [4.69, 9.17) is 16.2 Å². The Kier molecular flexibility index (Phi) is 3.49. The van der Waals surface area contributed by atoms with Crippen molar-refractivity contribution in [2.75, 3.05) is 17.2 Å². The Morgan fingerprint density at radius 1 is 1.38 bits per heavy atom. The maximum absolute atomic E-state index is 5.92. The van der Waals surface area contributed by atoms with Crippen molar-refractivity contribution in [3.8, 4) is 5.75 Å². The third kappa shape index (κ3) is 2.21. The average Bonchev–Trinajstić information content (AvgIpc) is 2.31. The zero-order valence-corrected chi connectivity index (χ0v) is 10.3. The number of hydrogen-bond acceptors (Lipinski definition) is 4. The van der Waals surface area contributed by atoms with Crippen molar-refractivity contribution in [3.05, 3.63) is 12.1 Å². The van der Waals surface area contributed by atoms with Gasteiger partial charge in [0.2, 0.25) is 0 Å². The van der Waals surface area contributed by atoms with Gasteiger partial charge in [0.15, 0.2) is 5.75 Å². The van der Waals surface area contributed by atoms with E-state index in [1.165, 1.54) is 12.8 Å². The Labute approximate surface area is 101 Å². The molecule has 16 heavy (non-hydrogen) atoms. The molecule has 1 unspecified atom stereocenters. The molecule has 1 aromatic rings. The summed E-state index contributed by atoms with van der Waals surface area (Å²) in [4.78, 5) is 1.01. The van der Waals surface area contributed by atoms with Crippen LogP contribution in [0.15, 0.2) is 17.0 Å². The van der Waals surface area contributed by atoms with E-state index >= 15 is 0 Å². The summed E-state index contributed by atoms with van der Waals surface area (Å²) >= 11 is 1.76. The maximum atomic E-state index is 5.92. The van der Waals surface area contributed by atoms with Crippen molar-refractivity contribution in [2.45, 2.75) is 37.2 Å². The van der Waals surface area contributed by atoms with E-state index in [-0.39, 0.29) is 6.10 Å². The van der Waals surface area contributed by atoms with E-state index in [1.807, 2.05) is 12.1 Å². The van der Waals surface area contributed by atoms with Gasteiger partial charge in [-0.05, 0) is 18.6 Å². The number of fused-ring (bicyclic) bond motifs is 1. The maximum Gasteiger partial charge on any atom is 0.158 e. The first-order valence-corrected chi connectivity index (χ1v) is 6.68. The molecule has 0 radical (unpaired) electrons. The van der Waals surface area contributed by atoms with Crippen LogP contribution in [0.2, 0.25) is 0 Å². The largest absolute Gasteiger partial charge is 0.486 e. The average molecular weight is 238 g/mol. The molecular weight excluding hydrogens is 220 g/mol. The van der Waals surface area contributed by atoms with Crippen LogP contribution < -0.4 is 16.2 Å². The minimum absolute atomic E-state index is 0.279. The van der Waals surface area contributed by atoms with Gasteiger partial charge in [-0.3, -0.25) is 0 Å². The summed E-state index contributed by atoms with van der Waals surface area (Å²) in [6.45, 7) is 2.19. The van der Waals surface area contributed by atoms with Gasteiger partial charge in [0.1, 0.15) is 6.10 Å². The van der Waals surface area contributed by atoms with Crippen molar-refractivity contribution in [2.24, 2.45) is 0 Å². The smallest absolute Gasteiger partial charge is 0.158 e. The van der Waals surface area contributed by atoms with Crippen LogP contribution in [0.5, 0.6) is 5.75 Å². The van der Waals surface area contributed by atoms with Crippen LogP contribution in [0.25, 0.3) is 0 Å². The number of hydrogen-bond donors (Lipinski definition) is 2. The number of ether oxygens (including phenoxy) is 1. The van der Waals surface area contributed by atoms with Crippen molar-refractivity contribution in [1.29, 1.82) is 0 Å². The molecule has 3 nitrogen and oxygen atoms in total. The monoisotopic (exact) mass is 238 g/mol. The molecular formula is C12H18N2OS. The molecule has 0 aromatic heterocycles. The molecule has 0 fully saturated rings. The van der Waals surface area contributed by atoms with Crippen LogP contribution in [-0.4, -0.2) is 11.9 Å². The Morgan fingerprint density at radius 3 is 2.88 bits per heavy atom. The first-order chi connectivity index (χ1) is 7.72. The van der Waals surface area contributed by atoms with Crippen LogP contribution >= 0.6 is 11.8 Å². The van der Waals surface area contributed by atoms with Crippen LogP contribution in [0.1, 0.15) is 26.2 Å². The van der Waals surface area contributed by atoms with Gasteiger partial charge in [-0.25, -0.2) is 0 Å². The van der Waals surface area contributed by atoms with Gasteiger partial charge >= 0.3 is 0 Å². The molecule has 2 rings (SSSR count). The third-order valence-electron chi connectivity index (χ3n) is 2.75. The van der Waals surface area contributed by atoms with Gasteiger partial charge in [-0.2, -0.15) is 0 Å². The molecule has 1 heterocycles. The molecule has 4 heteroatoms.